The van der Waals surface area contributed by atoms with Crippen LogP contribution in [0.3, 0.4) is 0 Å². The van der Waals surface area contributed by atoms with Gasteiger partial charge in [0.1, 0.15) is 17.2 Å². The van der Waals surface area contributed by atoms with E-state index in [2.05, 4.69) is 5.32 Å². The minimum Gasteiger partial charge on any atom is -0.496 e. The Morgan fingerprint density at radius 1 is 1.14 bits per heavy atom. The molecule has 1 heterocycles. The second kappa shape index (κ2) is 7.40. The monoisotopic (exact) mass is 305 g/mol. The number of carbonyl (C=O) groups is 1. The number of hydrogen-bond donors (Lipinski definition) is 1. The van der Waals surface area contributed by atoms with Crippen LogP contribution < -0.4 is 19.5 Å². The molecule has 0 atom stereocenters. The summed E-state index contributed by atoms with van der Waals surface area (Å²) in [5.41, 5.74) is 0.866. The van der Waals surface area contributed by atoms with Crippen LogP contribution in [0.5, 0.6) is 17.2 Å². The zero-order valence-electron chi connectivity index (χ0n) is 12.8. The lowest BCUT2D eigenvalue weighted by atomic mass is 10.1. The maximum atomic E-state index is 11.8. The van der Waals surface area contributed by atoms with Gasteiger partial charge in [-0.15, -0.1) is 0 Å². The van der Waals surface area contributed by atoms with Crippen LogP contribution in [0.25, 0.3) is 0 Å². The van der Waals surface area contributed by atoms with Gasteiger partial charge in [0.05, 0.1) is 27.6 Å². The van der Waals surface area contributed by atoms with Crippen molar-refractivity contribution in [3.63, 3.8) is 0 Å². The minimum atomic E-state index is -0.253. The number of furan rings is 1. The Hall–Kier alpha value is -2.63. The summed E-state index contributed by atoms with van der Waals surface area (Å²) in [6.07, 6.45) is 2.02. The molecule has 0 fully saturated rings. The molecule has 0 spiro atoms. The van der Waals surface area contributed by atoms with Crippen LogP contribution in [-0.4, -0.2) is 33.8 Å². The van der Waals surface area contributed by atoms with Crippen molar-refractivity contribution in [2.45, 2.75) is 6.42 Å². The van der Waals surface area contributed by atoms with Gasteiger partial charge in [0.25, 0.3) is 5.91 Å². The Morgan fingerprint density at radius 2 is 1.82 bits per heavy atom. The van der Waals surface area contributed by atoms with Crippen molar-refractivity contribution in [2.24, 2.45) is 0 Å². The molecule has 0 bridgehead atoms. The molecule has 0 aliphatic heterocycles. The topological polar surface area (TPSA) is 69.9 Å². The number of nitrogens with one attached hydrogen (secondary N) is 1. The first kappa shape index (κ1) is 15.8. The lowest BCUT2D eigenvalue weighted by Crippen LogP contribution is -2.25. The molecule has 118 valence electrons. The Labute approximate surface area is 129 Å². The molecule has 0 radical (unpaired) electrons. The van der Waals surface area contributed by atoms with E-state index in [1.807, 2.05) is 0 Å². The van der Waals surface area contributed by atoms with Gasteiger partial charge in [-0.05, 0) is 18.6 Å². The number of rotatable bonds is 7. The molecule has 6 heteroatoms. The van der Waals surface area contributed by atoms with E-state index >= 15 is 0 Å². The predicted octanol–water partition coefficient (Wildman–Crippen LogP) is 2.28. The summed E-state index contributed by atoms with van der Waals surface area (Å²) >= 11 is 0. The molecule has 6 nitrogen and oxygen atoms in total. The molecular formula is C16H19NO5. The maximum Gasteiger partial charge on any atom is 0.286 e. The Morgan fingerprint density at radius 3 is 2.32 bits per heavy atom. The van der Waals surface area contributed by atoms with Crippen molar-refractivity contribution in [1.29, 1.82) is 0 Å². The molecule has 1 N–H and O–H groups in total. The van der Waals surface area contributed by atoms with Gasteiger partial charge in [-0.3, -0.25) is 4.79 Å². The predicted molar refractivity (Wildman–Crippen MR) is 80.8 cm³/mol. The van der Waals surface area contributed by atoms with Gasteiger partial charge < -0.3 is 23.9 Å². The highest BCUT2D eigenvalue weighted by Crippen LogP contribution is 2.34. The quantitative estimate of drug-likeness (QED) is 0.850. The zero-order valence-corrected chi connectivity index (χ0v) is 12.8. The second-order valence-corrected chi connectivity index (χ2v) is 4.49. The molecule has 0 saturated heterocycles. The Balaban J connectivity index is 2.07. The summed E-state index contributed by atoms with van der Waals surface area (Å²) in [5.74, 6) is 1.99. The van der Waals surface area contributed by atoms with Crippen LogP contribution >= 0.6 is 0 Å². The lowest BCUT2D eigenvalue weighted by molar-refractivity contribution is 0.0926. The summed E-state index contributed by atoms with van der Waals surface area (Å²) in [7, 11) is 4.75. The molecule has 1 amide bonds. The lowest BCUT2D eigenvalue weighted by Gasteiger charge is -2.15. The highest BCUT2D eigenvalue weighted by Gasteiger charge is 2.14. The number of carbonyl (C=O) groups excluding carboxylic acids is 1. The fourth-order valence-corrected chi connectivity index (χ4v) is 2.12. The van der Waals surface area contributed by atoms with Gasteiger partial charge in [-0.2, -0.15) is 0 Å². The fourth-order valence-electron chi connectivity index (χ4n) is 2.12. The average Bonchev–Trinajstić information content (AvgIpc) is 3.09. The van der Waals surface area contributed by atoms with Crippen LogP contribution in [0.1, 0.15) is 16.1 Å². The zero-order chi connectivity index (χ0) is 15.9. The molecule has 0 aliphatic carbocycles. The second-order valence-electron chi connectivity index (χ2n) is 4.49. The van der Waals surface area contributed by atoms with Crippen molar-refractivity contribution >= 4 is 5.91 Å². The van der Waals surface area contributed by atoms with E-state index in [1.54, 1.807) is 45.6 Å². The molecule has 2 rings (SSSR count). The Bertz CT molecular complexity index is 596. The van der Waals surface area contributed by atoms with Crippen molar-refractivity contribution in [1.82, 2.24) is 5.32 Å². The third kappa shape index (κ3) is 3.52. The van der Waals surface area contributed by atoms with Gasteiger partial charge >= 0.3 is 0 Å². The van der Waals surface area contributed by atoms with Gasteiger partial charge in [-0.25, -0.2) is 0 Å². The largest absolute Gasteiger partial charge is 0.496 e. The standard InChI is InChI=1S/C16H19NO5/c1-19-11-9-14(20-2)12(15(10-11)21-3)6-7-17-16(18)13-5-4-8-22-13/h4-5,8-10H,6-7H2,1-3H3,(H,17,18). The summed E-state index contributed by atoms with van der Waals surface area (Å²) in [4.78, 5) is 11.8. The summed E-state index contributed by atoms with van der Waals surface area (Å²) in [6.45, 7) is 0.429. The fraction of sp³-hybridized carbons (Fsp3) is 0.312. The van der Waals surface area contributed by atoms with Crippen LogP contribution in [0.15, 0.2) is 34.9 Å². The minimum absolute atomic E-state index is 0.253. The highest BCUT2D eigenvalue weighted by atomic mass is 16.5. The van der Waals surface area contributed by atoms with E-state index in [1.165, 1.54) is 6.26 Å². The molecule has 2 aromatic rings. The maximum absolute atomic E-state index is 11.8. The molecule has 0 saturated carbocycles. The van der Waals surface area contributed by atoms with Gasteiger partial charge in [0.2, 0.25) is 0 Å². The van der Waals surface area contributed by atoms with E-state index in [-0.39, 0.29) is 11.7 Å². The van der Waals surface area contributed by atoms with E-state index in [4.69, 9.17) is 18.6 Å². The summed E-state index contributed by atoms with van der Waals surface area (Å²) in [5, 5.41) is 2.79. The molecule has 22 heavy (non-hydrogen) atoms. The normalized spacial score (nSPS) is 10.1. The Kier molecular flexibility index (Phi) is 5.30. The number of methoxy groups -OCH3 is 3. The van der Waals surface area contributed by atoms with Crippen LogP contribution in [-0.2, 0) is 6.42 Å². The smallest absolute Gasteiger partial charge is 0.286 e. The number of ether oxygens (including phenoxy) is 3. The van der Waals surface area contributed by atoms with E-state index in [0.717, 1.165) is 5.56 Å². The van der Waals surface area contributed by atoms with Gasteiger partial charge in [0, 0.05) is 24.2 Å². The first-order valence-electron chi connectivity index (χ1n) is 6.80. The molecular weight excluding hydrogens is 286 g/mol. The summed E-state index contributed by atoms with van der Waals surface area (Å²) in [6, 6.07) is 6.85. The van der Waals surface area contributed by atoms with Crippen LogP contribution in [0.2, 0.25) is 0 Å². The van der Waals surface area contributed by atoms with Crippen molar-refractivity contribution < 1.29 is 23.4 Å². The van der Waals surface area contributed by atoms with E-state index in [9.17, 15) is 4.79 Å². The van der Waals surface area contributed by atoms with E-state index < -0.39 is 0 Å². The molecule has 0 unspecified atom stereocenters. The number of amides is 1. The first-order valence-corrected chi connectivity index (χ1v) is 6.80. The van der Waals surface area contributed by atoms with Crippen LogP contribution in [0.4, 0.5) is 0 Å². The third-order valence-electron chi connectivity index (χ3n) is 3.22. The molecule has 1 aromatic carbocycles. The number of benzene rings is 1. The van der Waals surface area contributed by atoms with Crippen LogP contribution in [0, 0.1) is 0 Å². The average molecular weight is 305 g/mol. The highest BCUT2D eigenvalue weighted by molar-refractivity contribution is 5.91. The first-order chi connectivity index (χ1) is 10.7. The van der Waals surface area contributed by atoms with E-state index in [0.29, 0.717) is 30.2 Å². The SMILES string of the molecule is COc1cc(OC)c(CCNC(=O)c2ccco2)c(OC)c1. The molecule has 0 aliphatic rings. The molecule has 1 aromatic heterocycles. The van der Waals surface area contributed by atoms with Gasteiger partial charge in [0.15, 0.2) is 5.76 Å². The van der Waals surface area contributed by atoms with Gasteiger partial charge in [-0.1, -0.05) is 0 Å². The summed E-state index contributed by atoms with van der Waals surface area (Å²) < 4.78 is 21.0. The van der Waals surface area contributed by atoms with Crippen molar-refractivity contribution in [3.05, 3.63) is 41.9 Å². The number of hydrogen-bond acceptors (Lipinski definition) is 5. The van der Waals surface area contributed by atoms with Crippen molar-refractivity contribution in [3.8, 4) is 17.2 Å². The van der Waals surface area contributed by atoms with Crippen molar-refractivity contribution in [2.75, 3.05) is 27.9 Å². The third-order valence-corrected chi connectivity index (χ3v) is 3.22.